The summed E-state index contributed by atoms with van der Waals surface area (Å²) in [6.45, 7) is 20.4. The topological polar surface area (TPSA) is 20.2 Å². The maximum absolute atomic E-state index is 10.8. The average molecular weight is 427 g/mol. The Balaban J connectivity index is 1.56. The molecule has 0 heterocycles. The van der Waals surface area contributed by atoms with E-state index in [-0.39, 0.29) is 16.9 Å². The van der Waals surface area contributed by atoms with Gasteiger partial charge in [-0.25, -0.2) is 0 Å². The van der Waals surface area contributed by atoms with Gasteiger partial charge in [0.25, 0.3) is 0 Å². The van der Waals surface area contributed by atoms with E-state index < -0.39 is 0 Å². The van der Waals surface area contributed by atoms with Gasteiger partial charge < -0.3 is 5.11 Å². The fraction of sp³-hybridized carbons (Fsp3) is 0.933. The molecular formula is C30H50O. The van der Waals surface area contributed by atoms with Gasteiger partial charge in [0.15, 0.2) is 0 Å². The molecule has 8 unspecified atom stereocenters. The first-order chi connectivity index (χ1) is 14.2. The molecule has 4 saturated carbocycles. The van der Waals surface area contributed by atoms with E-state index in [0.29, 0.717) is 21.7 Å². The molecule has 1 nitrogen and oxygen atoms in total. The van der Waals surface area contributed by atoms with Crippen LogP contribution in [-0.4, -0.2) is 11.2 Å². The molecule has 0 aliphatic heterocycles. The second kappa shape index (κ2) is 6.43. The van der Waals surface area contributed by atoms with E-state index in [4.69, 9.17) is 0 Å². The minimum absolute atomic E-state index is 0.0619. The van der Waals surface area contributed by atoms with Gasteiger partial charge in [-0.05, 0) is 109 Å². The van der Waals surface area contributed by atoms with Crippen LogP contribution in [0, 0.1) is 50.2 Å². The van der Waals surface area contributed by atoms with E-state index >= 15 is 0 Å². The van der Waals surface area contributed by atoms with Crippen LogP contribution in [-0.2, 0) is 0 Å². The summed E-state index contributed by atoms with van der Waals surface area (Å²) in [5, 5.41) is 10.8. The van der Waals surface area contributed by atoms with E-state index in [1.807, 2.05) is 0 Å². The highest BCUT2D eigenvalue weighted by atomic mass is 16.3. The van der Waals surface area contributed by atoms with Crippen molar-refractivity contribution in [1.82, 2.24) is 0 Å². The monoisotopic (exact) mass is 426 g/mol. The maximum atomic E-state index is 10.8. The lowest BCUT2D eigenvalue weighted by molar-refractivity contribution is -0.202. The van der Waals surface area contributed by atoms with Gasteiger partial charge in [0.2, 0.25) is 0 Å². The molecule has 5 aliphatic carbocycles. The Morgan fingerprint density at radius 1 is 0.710 bits per heavy atom. The standard InChI is InChI=1S/C30H50O/c1-25(2)17-18-27(5)13-9-21-29(7)14-10-20-26(3,4)24(31)12-16-28(20,6)22(29)11-15-30(21,8)23(27)19-25/h10,21-24,31H,9,11-19H2,1-8H3. The molecule has 1 heteroatoms. The molecule has 0 radical (unpaired) electrons. The van der Waals surface area contributed by atoms with Crippen molar-refractivity contribution in [1.29, 1.82) is 0 Å². The van der Waals surface area contributed by atoms with E-state index in [0.717, 1.165) is 24.2 Å². The second-order valence-corrected chi connectivity index (χ2v) is 15.3. The molecule has 1 N–H and O–H groups in total. The Kier molecular flexibility index (Phi) is 4.66. The molecule has 0 aromatic heterocycles. The summed E-state index contributed by atoms with van der Waals surface area (Å²) in [6, 6.07) is 0. The Morgan fingerprint density at radius 2 is 1.39 bits per heavy atom. The summed E-state index contributed by atoms with van der Waals surface area (Å²) < 4.78 is 0. The van der Waals surface area contributed by atoms with Crippen LogP contribution in [0.15, 0.2) is 11.6 Å². The zero-order chi connectivity index (χ0) is 22.7. The Morgan fingerprint density at radius 3 is 2.10 bits per heavy atom. The zero-order valence-corrected chi connectivity index (χ0v) is 21.9. The van der Waals surface area contributed by atoms with E-state index in [9.17, 15) is 5.11 Å². The lowest BCUT2D eigenvalue weighted by atomic mass is 9.34. The Bertz CT molecular complexity index is 790. The lowest BCUT2D eigenvalue weighted by Crippen LogP contribution is -2.63. The summed E-state index contributed by atoms with van der Waals surface area (Å²) in [5.74, 6) is 2.53. The first kappa shape index (κ1) is 22.5. The van der Waals surface area contributed by atoms with Crippen LogP contribution in [0.5, 0.6) is 0 Å². The molecule has 5 rings (SSSR count). The summed E-state index contributed by atoms with van der Waals surface area (Å²) in [7, 11) is 0. The van der Waals surface area contributed by atoms with Crippen LogP contribution in [0.4, 0.5) is 0 Å². The van der Waals surface area contributed by atoms with Gasteiger partial charge in [0, 0.05) is 5.41 Å². The molecule has 0 aromatic rings. The number of fused-ring (bicyclic) bond motifs is 7. The van der Waals surface area contributed by atoms with Gasteiger partial charge in [0.1, 0.15) is 0 Å². The molecule has 176 valence electrons. The maximum Gasteiger partial charge on any atom is 0.0628 e. The highest BCUT2D eigenvalue weighted by molar-refractivity contribution is 5.33. The van der Waals surface area contributed by atoms with Crippen molar-refractivity contribution in [2.75, 3.05) is 0 Å². The van der Waals surface area contributed by atoms with E-state index in [1.54, 1.807) is 5.57 Å². The minimum Gasteiger partial charge on any atom is -0.392 e. The fourth-order valence-corrected chi connectivity index (χ4v) is 10.9. The first-order valence-electron chi connectivity index (χ1n) is 13.6. The summed E-state index contributed by atoms with van der Waals surface area (Å²) in [5.41, 5.74) is 3.83. The number of hydrogen-bond donors (Lipinski definition) is 1. The van der Waals surface area contributed by atoms with Crippen molar-refractivity contribution in [2.45, 2.75) is 126 Å². The molecule has 5 aliphatic rings. The van der Waals surface area contributed by atoms with Gasteiger partial charge in [-0.2, -0.15) is 0 Å². The fourth-order valence-electron chi connectivity index (χ4n) is 10.9. The third-order valence-electron chi connectivity index (χ3n) is 12.7. The summed E-state index contributed by atoms with van der Waals surface area (Å²) >= 11 is 0. The van der Waals surface area contributed by atoms with Gasteiger partial charge in [-0.3, -0.25) is 0 Å². The molecule has 0 saturated heterocycles. The number of allylic oxidation sites excluding steroid dienone is 1. The zero-order valence-electron chi connectivity index (χ0n) is 21.9. The quantitative estimate of drug-likeness (QED) is 0.387. The van der Waals surface area contributed by atoms with E-state index in [2.05, 4.69) is 61.5 Å². The predicted molar refractivity (Wildman–Crippen MR) is 131 cm³/mol. The molecule has 0 aromatic carbocycles. The van der Waals surface area contributed by atoms with Crippen molar-refractivity contribution >= 4 is 0 Å². The lowest BCUT2D eigenvalue weighted by Gasteiger charge is -2.71. The smallest absolute Gasteiger partial charge is 0.0628 e. The SMILES string of the molecule is CC1(C)CCC2(C)CCC3C(C)(CCC4C5(C)CCC(O)C(C)(C)C5=CCC43C)C2C1. The van der Waals surface area contributed by atoms with Crippen LogP contribution in [0.25, 0.3) is 0 Å². The average Bonchev–Trinajstić information content (AvgIpc) is 2.66. The van der Waals surface area contributed by atoms with Crippen molar-refractivity contribution in [2.24, 2.45) is 50.2 Å². The van der Waals surface area contributed by atoms with Crippen LogP contribution in [0.3, 0.4) is 0 Å². The molecule has 0 bridgehead atoms. The normalized spacial score (nSPS) is 55.2. The number of rotatable bonds is 0. The Labute approximate surface area is 192 Å². The van der Waals surface area contributed by atoms with Gasteiger partial charge in [0.05, 0.1) is 6.10 Å². The first-order valence-corrected chi connectivity index (χ1v) is 13.6. The molecule has 0 spiro atoms. The molecule has 0 amide bonds. The minimum atomic E-state index is -0.176. The third kappa shape index (κ3) is 2.83. The third-order valence-corrected chi connectivity index (χ3v) is 12.7. The highest BCUT2D eigenvalue weighted by Crippen LogP contribution is 2.75. The number of aliphatic hydroxyl groups excluding tert-OH is 1. The largest absolute Gasteiger partial charge is 0.392 e. The predicted octanol–water partition coefficient (Wildman–Crippen LogP) is 8.17. The van der Waals surface area contributed by atoms with Crippen molar-refractivity contribution < 1.29 is 5.11 Å². The van der Waals surface area contributed by atoms with E-state index in [1.165, 1.54) is 57.8 Å². The summed E-state index contributed by atoms with van der Waals surface area (Å²) in [6.07, 6.45) is 15.9. The van der Waals surface area contributed by atoms with Crippen LogP contribution >= 0.6 is 0 Å². The van der Waals surface area contributed by atoms with Crippen molar-refractivity contribution in [3.8, 4) is 0 Å². The van der Waals surface area contributed by atoms with Crippen LogP contribution in [0.1, 0.15) is 120 Å². The van der Waals surface area contributed by atoms with Gasteiger partial charge in [-0.1, -0.05) is 67.0 Å². The van der Waals surface area contributed by atoms with Gasteiger partial charge >= 0.3 is 0 Å². The highest BCUT2D eigenvalue weighted by Gasteiger charge is 2.67. The van der Waals surface area contributed by atoms with Crippen LogP contribution in [0.2, 0.25) is 0 Å². The second-order valence-electron chi connectivity index (χ2n) is 15.3. The van der Waals surface area contributed by atoms with Crippen LogP contribution < -0.4 is 0 Å². The number of hydrogen-bond acceptors (Lipinski definition) is 1. The summed E-state index contributed by atoms with van der Waals surface area (Å²) in [4.78, 5) is 0. The van der Waals surface area contributed by atoms with Crippen molar-refractivity contribution in [3.05, 3.63) is 11.6 Å². The van der Waals surface area contributed by atoms with Crippen molar-refractivity contribution in [3.63, 3.8) is 0 Å². The number of aliphatic hydroxyl groups is 1. The molecular weight excluding hydrogens is 376 g/mol. The Hall–Kier alpha value is -0.300. The molecule has 8 atom stereocenters. The van der Waals surface area contributed by atoms with Gasteiger partial charge in [-0.15, -0.1) is 0 Å². The molecule has 4 fully saturated rings. The molecule has 31 heavy (non-hydrogen) atoms.